The summed E-state index contributed by atoms with van der Waals surface area (Å²) in [6, 6.07) is 0. The second kappa shape index (κ2) is 4.30. The van der Waals surface area contributed by atoms with Crippen LogP contribution in [-0.4, -0.2) is 5.71 Å². The molecule has 0 aromatic carbocycles. The fraction of sp³-hybridized carbons (Fsp3) is 0.625. The summed E-state index contributed by atoms with van der Waals surface area (Å²) in [6.07, 6.45) is 2.92. The zero-order chi connectivity index (χ0) is 7.28. The van der Waals surface area contributed by atoms with E-state index in [-0.39, 0.29) is 0 Å². The third-order valence-electron chi connectivity index (χ3n) is 1.35. The van der Waals surface area contributed by atoms with Crippen LogP contribution in [0, 0.1) is 5.41 Å². The van der Waals surface area contributed by atoms with Crippen molar-refractivity contribution in [3.05, 3.63) is 12.2 Å². The Labute approximate surface area is 57.3 Å². The summed E-state index contributed by atoms with van der Waals surface area (Å²) >= 11 is 0. The van der Waals surface area contributed by atoms with Crippen molar-refractivity contribution < 1.29 is 0 Å². The van der Waals surface area contributed by atoms with E-state index >= 15 is 0 Å². The molecule has 0 aliphatic rings. The van der Waals surface area contributed by atoms with E-state index in [1.165, 1.54) is 5.57 Å². The molecule has 1 heteroatoms. The molecule has 9 heavy (non-hydrogen) atoms. The van der Waals surface area contributed by atoms with Gasteiger partial charge in [0.1, 0.15) is 0 Å². The quantitative estimate of drug-likeness (QED) is 0.441. The minimum Gasteiger partial charge on any atom is -0.310 e. The molecule has 0 aliphatic carbocycles. The zero-order valence-electron chi connectivity index (χ0n) is 6.33. The molecule has 0 fully saturated rings. The van der Waals surface area contributed by atoms with Crippen molar-refractivity contribution in [1.82, 2.24) is 0 Å². The highest BCUT2D eigenvalue weighted by Crippen LogP contribution is 2.05. The van der Waals surface area contributed by atoms with Crippen LogP contribution in [0.1, 0.15) is 33.1 Å². The number of hydrogen-bond acceptors (Lipinski definition) is 1. The van der Waals surface area contributed by atoms with Crippen LogP contribution in [0.25, 0.3) is 0 Å². The fourth-order valence-corrected chi connectivity index (χ4v) is 0.541. The van der Waals surface area contributed by atoms with Crippen molar-refractivity contribution in [3.8, 4) is 0 Å². The van der Waals surface area contributed by atoms with Gasteiger partial charge in [0, 0.05) is 5.71 Å². The minimum absolute atomic E-state index is 0.754. The molecule has 0 heterocycles. The maximum atomic E-state index is 7.12. The molecule has 52 valence electrons. The molecule has 0 saturated carbocycles. The molecular weight excluding hydrogens is 110 g/mol. The van der Waals surface area contributed by atoms with Gasteiger partial charge in [-0.05, 0) is 26.2 Å². The van der Waals surface area contributed by atoms with Crippen LogP contribution in [0.15, 0.2) is 12.2 Å². The molecule has 0 amide bonds. The summed E-state index contributed by atoms with van der Waals surface area (Å²) in [7, 11) is 0. The summed E-state index contributed by atoms with van der Waals surface area (Å²) in [5.74, 6) is 0. The van der Waals surface area contributed by atoms with Crippen molar-refractivity contribution in [3.63, 3.8) is 0 Å². The van der Waals surface area contributed by atoms with E-state index in [0.717, 1.165) is 25.0 Å². The Morgan fingerprint density at radius 1 is 1.44 bits per heavy atom. The van der Waals surface area contributed by atoms with Gasteiger partial charge in [0.25, 0.3) is 0 Å². The molecule has 0 spiro atoms. The maximum Gasteiger partial charge on any atom is 0.00614 e. The van der Waals surface area contributed by atoms with Gasteiger partial charge in [-0.3, -0.25) is 0 Å². The highest BCUT2D eigenvalue weighted by atomic mass is 14.4. The molecule has 0 saturated heterocycles. The smallest absolute Gasteiger partial charge is 0.00614 e. The average Bonchev–Trinajstić information content (AvgIpc) is 1.83. The summed E-state index contributed by atoms with van der Waals surface area (Å²) in [5.41, 5.74) is 2.01. The van der Waals surface area contributed by atoms with Crippen LogP contribution in [0.5, 0.6) is 0 Å². The van der Waals surface area contributed by atoms with Crippen LogP contribution >= 0.6 is 0 Å². The van der Waals surface area contributed by atoms with Crippen LogP contribution in [0.3, 0.4) is 0 Å². The first-order valence-corrected chi connectivity index (χ1v) is 3.37. The van der Waals surface area contributed by atoms with Gasteiger partial charge in [-0.1, -0.05) is 19.1 Å². The summed E-state index contributed by atoms with van der Waals surface area (Å²) in [4.78, 5) is 0. The van der Waals surface area contributed by atoms with Crippen LogP contribution in [0.2, 0.25) is 0 Å². The number of rotatable bonds is 4. The first-order chi connectivity index (χ1) is 4.16. The monoisotopic (exact) mass is 125 g/mol. The highest BCUT2D eigenvalue weighted by molar-refractivity contribution is 5.78. The molecule has 0 radical (unpaired) electrons. The zero-order valence-corrected chi connectivity index (χ0v) is 6.33. The Morgan fingerprint density at radius 2 is 2.00 bits per heavy atom. The van der Waals surface area contributed by atoms with Gasteiger partial charge in [-0.25, -0.2) is 0 Å². The molecule has 0 rings (SSSR count). The van der Waals surface area contributed by atoms with Gasteiger partial charge in [-0.2, -0.15) is 0 Å². The molecule has 0 bridgehead atoms. The van der Waals surface area contributed by atoms with E-state index in [9.17, 15) is 0 Å². The van der Waals surface area contributed by atoms with Gasteiger partial charge in [0.15, 0.2) is 0 Å². The van der Waals surface area contributed by atoms with E-state index in [4.69, 9.17) is 5.41 Å². The topological polar surface area (TPSA) is 23.9 Å². The predicted molar refractivity (Wildman–Crippen MR) is 42.1 cm³/mol. The lowest BCUT2D eigenvalue weighted by atomic mass is 10.1. The summed E-state index contributed by atoms with van der Waals surface area (Å²) < 4.78 is 0. The molecular formula is C8H15N. The van der Waals surface area contributed by atoms with Crippen molar-refractivity contribution in [2.24, 2.45) is 0 Å². The number of hydrogen-bond donors (Lipinski definition) is 1. The molecule has 0 aromatic heterocycles. The van der Waals surface area contributed by atoms with Gasteiger partial charge in [0.2, 0.25) is 0 Å². The first-order valence-electron chi connectivity index (χ1n) is 3.37. The standard InChI is InChI=1S/C8H15N/c1-4-7(2)5-6-8(3)9/h9H,2,4-6H2,1,3H3. The van der Waals surface area contributed by atoms with E-state index in [2.05, 4.69) is 13.5 Å². The lowest BCUT2D eigenvalue weighted by Gasteiger charge is -1.98. The van der Waals surface area contributed by atoms with E-state index in [1.54, 1.807) is 0 Å². The number of nitrogens with one attached hydrogen (secondary N) is 1. The van der Waals surface area contributed by atoms with Crippen molar-refractivity contribution in [2.45, 2.75) is 33.1 Å². The van der Waals surface area contributed by atoms with Crippen LogP contribution in [-0.2, 0) is 0 Å². The summed E-state index contributed by atoms with van der Waals surface area (Å²) in [5, 5.41) is 7.12. The second-order valence-corrected chi connectivity index (χ2v) is 2.38. The molecule has 0 aliphatic heterocycles. The van der Waals surface area contributed by atoms with Crippen molar-refractivity contribution in [1.29, 1.82) is 5.41 Å². The lowest BCUT2D eigenvalue weighted by Crippen LogP contribution is -1.88. The van der Waals surface area contributed by atoms with Crippen LogP contribution < -0.4 is 0 Å². The minimum atomic E-state index is 0.754. The average molecular weight is 125 g/mol. The first kappa shape index (κ1) is 8.41. The normalized spacial score (nSPS) is 9.11. The SMILES string of the molecule is C=C(CC)CCC(C)=N. The maximum absolute atomic E-state index is 7.12. The third-order valence-corrected chi connectivity index (χ3v) is 1.35. The molecule has 0 atom stereocenters. The molecule has 1 N–H and O–H groups in total. The Morgan fingerprint density at radius 3 is 2.33 bits per heavy atom. The largest absolute Gasteiger partial charge is 0.310 e. The molecule has 1 nitrogen and oxygen atoms in total. The van der Waals surface area contributed by atoms with Crippen LogP contribution in [0.4, 0.5) is 0 Å². The fourth-order valence-electron chi connectivity index (χ4n) is 0.541. The number of allylic oxidation sites excluding steroid dienone is 1. The van der Waals surface area contributed by atoms with E-state index in [0.29, 0.717) is 0 Å². The molecule has 0 unspecified atom stereocenters. The highest BCUT2D eigenvalue weighted by Gasteiger charge is 1.91. The van der Waals surface area contributed by atoms with Crippen molar-refractivity contribution in [2.75, 3.05) is 0 Å². The Hall–Kier alpha value is -0.590. The third kappa shape index (κ3) is 5.28. The Balaban J connectivity index is 3.28. The van der Waals surface area contributed by atoms with Gasteiger partial charge in [-0.15, -0.1) is 0 Å². The van der Waals surface area contributed by atoms with Gasteiger partial charge in [0.05, 0.1) is 0 Å². The van der Waals surface area contributed by atoms with E-state index in [1.807, 2.05) is 6.92 Å². The van der Waals surface area contributed by atoms with Gasteiger partial charge >= 0.3 is 0 Å². The molecule has 0 aromatic rings. The predicted octanol–water partition coefficient (Wildman–Crippen LogP) is 2.77. The van der Waals surface area contributed by atoms with E-state index < -0.39 is 0 Å². The Kier molecular flexibility index (Phi) is 4.02. The van der Waals surface area contributed by atoms with Crippen molar-refractivity contribution >= 4 is 5.71 Å². The Bertz CT molecular complexity index is 114. The lowest BCUT2D eigenvalue weighted by molar-refractivity contribution is 0.930. The van der Waals surface area contributed by atoms with Gasteiger partial charge < -0.3 is 5.41 Å². The second-order valence-electron chi connectivity index (χ2n) is 2.38. The summed E-state index contributed by atoms with van der Waals surface area (Å²) in [6.45, 7) is 7.78.